The van der Waals surface area contributed by atoms with Crippen molar-refractivity contribution < 1.29 is 42.9 Å². The van der Waals surface area contributed by atoms with E-state index in [0.29, 0.717) is 0 Å². The molecule has 11 heteroatoms. The van der Waals surface area contributed by atoms with Gasteiger partial charge < -0.3 is 0 Å². The Morgan fingerprint density at radius 1 is 1.05 bits per heavy atom. The number of aromatic nitrogens is 1. The minimum absolute atomic E-state index is 0.281. The summed E-state index contributed by atoms with van der Waals surface area (Å²) < 4.78 is 102. The van der Waals surface area contributed by atoms with Gasteiger partial charge in [-0.3, -0.25) is 0 Å². The van der Waals surface area contributed by atoms with Gasteiger partial charge in [0.1, 0.15) is 0 Å². The SMILES string of the molecule is O=S(=O)(OC(F)(F)C(F)CCCC(F)(F)F)[n+]1ccccc1. The van der Waals surface area contributed by atoms with E-state index < -0.39 is 48.0 Å². The molecule has 0 radical (unpaired) electrons. The molecule has 0 saturated heterocycles. The summed E-state index contributed by atoms with van der Waals surface area (Å²) in [4.78, 5) is 0. The predicted molar refractivity (Wildman–Crippen MR) is 61.8 cm³/mol. The standard InChI is InChI=1S/C11H12F6NO3S/c12-9(5-4-6-10(13,14)15)11(16,17)21-22(19,20)18-7-2-1-3-8-18/h1-3,7-9H,4-6H2/q+1. The summed E-state index contributed by atoms with van der Waals surface area (Å²) in [7, 11) is -5.01. The van der Waals surface area contributed by atoms with E-state index in [2.05, 4.69) is 4.18 Å². The van der Waals surface area contributed by atoms with Gasteiger partial charge in [0.25, 0.3) is 0 Å². The van der Waals surface area contributed by atoms with Crippen LogP contribution in [0.2, 0.25) is 0 Å². The molecule has 0 amide bonds. The zero-order valence-electron chi connectivity index (χ0n) is 10.9. The number of pyridine rings is 1. The molecule has 1 rings (SSSR count). The molecular formula is C11H12F6NO3S+. The number of nitrogens with zero attached hydrogens (tertiary/aromatic N) is 1. The van der Waals surface area contributed by atoms with Crippen molar-refractivity contribution in [2.45, 2.75) is 37.7 Å². The van der Waals surface area contributed by atoms with Crippen LogP contribution >= 0.6 is 0 Å². The fourth-order valence-corrected chi connectivity index (χ4v) is 2.33. The van der Waals surface area contributed by atoms with Gasteiger partial charge in [-0.05, 0) is 12.8 Å². The lowest BCUT2D eigenvalue weighted by atomic mass is 10.1. The highest BCUT2D eigenvalue weighted by molar-refractivity contribution is 7.80. The summed E-state index contributed by atoms with van der Waals surface area (Å²) in [5.41, 5.74) is 0. The van der Waals surface area contributed by atoms with Crippen molar-refractivity contribution >= 4 is 10.3 Å². The van der Waals surface area contributed by atoms with E-state index in [1.807, 2.05) is 0 Å². The molecule has 126 valence electrons. The second kappa shape index (κ2) is 6.82. The van der Waals surface area contributed by atoms with Gasteiger partial charge in [0.2, 0.25) is 0 Å². The van der Waals surface area contributed by atoms with Gasteiger partial charge in [-0.2, -0.15) is 22.0 Å². The molecular weight excluding hydrogens is 340 g/mol. The van der Waals surface area contributed by atoms with Gasteiger partial charge in [-0.15, -0.1) is 12.6 Å². The highest BCUT2D eigenvalue weighted by Gasteiger charge is 2.49. The Morgan fingerprint density at radius 2 is 1.59 bits per heavy atom. The van der Waals surface area contributed by atoms with Crippen LogP contribution in [0.5, 0.6) is 0 Å². The van der Waals surface area contributed by atoms with Crippen molar-refractivity contribution in [2.24, 2.45) is 0 Å². The van der Waals surface area contributed by atoms with Crippen molar-refractivity contribution in [1.29, 1.82) is 0 Å². The molecule has 0 spiro atoms. The molecule has 1 aromatic heterocycles. The third-order valence-corrected chi connectivity index (χ3v) is 3.64. The fourth-order valence-electron chi connectivity index (χ4n) is 1.42. The molecule has 0 aliphatic rings. The van der Waals surface area contributed by atoms with Crippen molar-refractivity contribution in [2.75, 3.05) is 0 Å². The molecule has 0 fully saturated rings. The van der Waals surface area contributed by atoms with Crippen LogP contribution < -0.4 is 3.97 Å². The first-order valence-electron chi connectivity index (χ1n) is 5.95. The highest BCUT2D eigenvalue weighted by Crippen LogP contribution is 2.30. The molecule has 22 heavy (non-hydrogen) atoms. The van der Waals surface area contributed by atoms with Crippen LogP contribution in [-0.4, -0.2) is 26.9 Å². The van der Waals surface area contributed by atoms with Gasteiger partial charge in [-0.25, -0.2) is 4.39 Å². The summed E-state index contributed by atoms with van der Waals surface area (Å²) in [5, 5.41) is 0. The van der Waals surface area contributed by atoms with E-state index in [1.54, 1.807) is 0 Å². The maximum Gasteiger partial charge on any atom is 0.519 e. The molecule has 0 N–H and O–H groups in total. The fraction of sp³-hybridized carbons (Fsp3) is 0.545. The Labute approximate surface area is 122 Å². The summed E-state index contributed by atoms with van der Waals surface area (Å²) in [6, 6.07) is 3.81. The van der Waals surface area contributed by atoms with Crippen LogP contribution in [0.4, 0.5) is 26.3 Å². The Kier molecular flexibility index (Phi) is 5.79. The first-order chi connectivity index (χ1) is 9.94. The molecule has 1 aromatic rings. The molecule has 0 saturated carbocycles. The third-order valence-electron chi connectivity index (χ3n) is 2.45. The lowest BCUT2D eigenvalue weighted by molar-refractivity contribution is -0.525. The van der Waals surface area contributed by atoms with Crippen LogP contribution in [0.25, 0.3) is 0 Å². The maximum absolute atomic E-state index is 13.3. The summed E-state index contributed by atoms with van der Waals surface area (Å²) in [6.45, 7) is 0. The second-order valence-corrected chi connectivity index (χ2v) is 5.73. The monoisotopic (exact) mass is 352 g/mol. The number of hydrogen-bond donors (Lipinski definition) is 0. The van der Waals surface area contributed by atoms with Gasteiger partial charge in [0, 0.05) is 18.6 Å². The zero-order chi connectivity index (χ0) is 17.0. The van der Waals surface area contributed by atoms with Crippen molar-refractivity contribution in [3.8, 4) is 0 Å². The number of alkyl halides is 6. The molecule has 0 aromatic carbocycles. The van der Waals surface area contributed by atoms with E-state index in [9.17, 15) is 34.8 Å². The van der Waals surface area contributed by atoms with Crippen LogP contribution in [0, 0.1) is 0 Å². The van der Waals surface area contributed by atoms with Gasteiger partial charge in [0.05, 0.1) is 0 Å². The predicted octanol–water partition coefficient (Wildman–Crippen LogP) is 2.75. The average Bonchev–Trinajstić information content (AvgIpc) is 2.37. The van der Waals surface area contributed by atoms with Gasteiger partial charge >= 0.3 is 22.6 Å². The number of halogens is 6. The molecule has 0 bridgehead atoms. The van der Waals surface area contributed by atoms with E-state index >= 15 is 0 Å². The van der Waals surface area contributed by atoms with Crippen molar-refractivity contribution in [3.63, 3.8) is 0 Å². The summed E-state index contributed by atoms with van der Waals surface area (Å²) in [6.07, 6.45) is -14.4. The minimum Gasteiger partial charge on any atom is -0.238 e. The van der Waals surface area contributed by atoms with Gasteiger partial charge in [-0.1, -0.05) is 10.0 Å². The zero-order valence-corrected chi connectivity index (χ0v) is 11.7. The van der Waals surface area contributed by atoms with E-state index in [0.717, 1.165) is 12.4 Å². The lowest BCUT2D eigenvalue weighted by Gasteiger charge is -2.18. The average molecular weight is 352 g/mol. The van der Waals surface area contributed by atoms with Crippen LogP contribution in [0.3, 0.4) is 0 Å². The van der Waals surface area contributed by atoms with Crippen LogP contribution in [0.15, 0.2) is 30.6 Å². The first kappa shape index (κ1) is 18.7. The third kappa shape index (κ3) is 5.79. The van der Waals surface area contributed by atoms with Crippen molar-refractivity contribution in [3.05, 3.63) is 30.6 Å². The molecule has 0 aliphatic carbocycles. The van der Waals surface area contributed by atoms with E-state index in [4.69, 9.17) is 0 Å². The van der Waals surface area contributed by atoms with Crippen LogP contribution in [-0.2, 0) is 14.5 Å². The minimum atomic E-state index is -5.01. The molecule has 1 heterocycles. The largest absolute Gasteiger partial charge is 0.519 e. The molecule has 1 unspecified atom stereocenters. The number of hydrogen-bond acceptors (Lipinski definition) is 3. The Bertz CT molecular complexity index is 575. The van der Waals surface area contributed by atoms with E-state index in [-0.39, 0.29) is 3.97 Å². The first-order valence-corrected chi connectivity index (χ1v) is 7.32. The maximum atomic E-state index is 13.3. The molecule has 0 aliphatic heterocycles. The summed E-state index contributed by atoms with van der Waals surface area (Å²) in [5.74, 6) is 0. The number of rotatable bonds is 7. The molecule has 4 nitrogen and oxygen atoms in total. The topological polar surface area (TPSA) is 47.3 Å². The highest BCUT2D eigenvalue weighted by atomic mass is 32.2. The molecule has 1 atom stereocenters. The second-order valence-electron chi connectivity index (χ2n) is 4.28. The lowest BCUT2D eigenvalue weighted by Crippen LogP contribution is -2.48. The van der Waals surface area contributed by atoms with Crippen LogP contribution in [0.1, 0.15) is 19.3 Å². The Balaban J connectivity index is 2.70. The summed E-state index contributed by atoms with van der Waals surface area (Å²) >= 11 is 0. The quantitative estimate of drug-likeness (QED) is 0.560. The smallest absolute Gasteiger partial charge is 0.238 e. The Morgan fingerprint density at radius 3 is 2.09 bits per heavy atom. The van der Waals surface area contributed by atoms with Crippen molar-refractivity contribution in [1.82, 2.24) is 0 Å². The normalized spacial score (nSPS) is 14.8. The Hall–Kier alpha value is -1.36. The van der Waals surface area contributed by atoms with Gasteiger partial charge in [0.15, 0.2) is 18.6 Å². The van der Waals surface area contributed by atoms with E-state index in [1.165, 1.54) is 18.2 Å².